The Hall–Kier alpha value is -1.05. The second kappa shape index (κ2) is 10.6. The van der Waals surface area contributed by atoms with Crippen molar-refractivity contribution in [2.45, 2.75) is 108 Å². The second-order valence-corrected chi connectivity index (χ2v) is 24.4. The fraction of sp³-hybridized carbons (Fsp3) is 0.731. The van der Waals surface area contributed by atoms with Crippen molar-refractivity contribution in [2.24, 2.45) is 5.92 Å². The fourth-order valence-corrected chi connectivity index (χ4v) is 13.9. The number of imidazole rings is 1. The van der Waals surface area contributed by atoms with Crippen molar-refractivity contribution >= 4 is 48.4 Å². The van der Waals surface area contributed by atoms with E-state index >= 15 is 0 Å². The molecule has 2 N–H and O–H groups in total. The maximum Gasteiger partial charge on any atom is 0.296 e. The molecule has 0 amide bonds. The molecule has 0 bridgehead atoms. The summed E-state index contributed by atoms with van der Waals surface area (Å²) in [4.78, 5) is 22.9. The van der Waals surface area contributed by atoms with Crippen LogP contribution >= 0.6 is 17.1 Å². The van der Waals surface area contributed by atoms with E-state index in [4.69, 9.17) is 30.0 Å². The Bertz CT molecular complexity index is 1410. The highest BCUT2D eigenvalue weighted by Crippen LogP contribution is 2.75. The van der Waals surface area contributed by atoms with Crippen molar-refractivity contribution in [1.82, 2.24) is 19.5 Å². The molecule has 1 saturated carbocycles. The van der Waals surface area contributed by atoms with Crippen molar-refractivity contribution in [1.29, 1.82) is 0 Å². The van der Waals surface area contributed by atoms with Crippen LogP contribution in [0.4, 0.5) is 0 Å². The van der Waals surface area contributed by atoms with Gasteiger partial charge in [-0.25, -0.2) is 4.98 Å². The molecular formula is C26H41N4O6PS2Si. The summed E-state index contributed by atoms with van der Waals surface area (Å²) < 4.78 is 28.0. The number of rotatable bonds is 7. The van der Waals surface area contributed by atoms with Gasteiger partial charge in [-0.05, 0) is 69.0 Å². The Morgan fingerprint density at radius 2 is 2.15 bits per heavy atom. The van der Waals surface area contributed by atoms with Gasteiger partial charge in [-0.15, -0.1) is 0 Å². The Morgan fingerprint density at radius 1 is 1.43 bits per heavy atom. The molecule has 7 atom stereocenters. The first-order valence-corrected chi connectivity index (χ1v) is 20.8. The van der Waals surface area contributed by atoms with Crippen LogP contribution in [0.25, 0.3) is 11.2 Å². The number of hydrogen-bond donors (Lipinski definition) is 2. The van der Waals surface area contributed by atoms with E-state index in [0.29, 0.717) is 12.3 Å². The third-order valence-corrected chi connectivity index (χ3v) is 19.3. The first-order valence-electron chi connectivity index (χ1n) is 13.8. The fourth-order valence-electron chi connectivity index (χ4n) is 5.43. The number of aromatic amines is 1. The maximum absolute atomic E-state index is 12.3. The number of ether oxygens (including phenoxy) is 1. The van der Waals surface area contributed by atoms with Gasteiger partial charge in [0.1, 0.15) is 12.3 Å². The number of hydrogen-bond acceptors (Lipinski definition) is 10. The van der Waals surface area contributed by atoms with Crippen LogP contribution in [0.15, 0.2) is 23.3 Å². The molecule has 3 fully saturated rings. The second-order valence-electron chi connectivity index (χ2n) is 13.1. The molecule has 222 valence electrons. The van der Waals surface area contributed by atoms with Gasteiger partial charge in [0.2, 0.25) is 5.69 Å². The average molecular weight is 629 g/mol. The SMILES string of the molecule is C=C(C)[C@H]1CC[C@@]2(C)SP(=S)(OC[C@H]3O[C@@H](n4cnc5c(=O)[nH]c(O)nc54)C[C@@H]3O[Si](C)(C)C(C)(C)C)O[C@@H]2C1. The summed E-state index contributed by atoms with van der Waals surface area (Å²) in [6, 6.07) is -0.469. The van der Waals surface area contributed by atoms with Gasteiger partial charge in [-0.1, -0.05) is 44.3 Å². The van der Waals surface area contributed by atoms with Crippen LogP contribution < -0.4 is 5.56 Å². The molecule has 10 nitrogen and oxygen atoms in total. The minimum atomic E-state index is -2.61. The highest BCUT2D eigenvalue weighted by atomic mass is 32.9. The molecule has 1 aliphatic carbocycles. The topological polar surface area (TPSA) is 121 Å². The molecule has 4 heterocycles. The van der Waals surface area contributed by atoms with E-state index in [2.05, 4.69) is 69.2 Å². The average Bonchev–Trinajstić information content (AvgIpc) is 3.49. The zero-order chi connectivity index (χ0) is 29.3. The third-order valence-electron chi connectivity index (χ3n) is 9.00. The minimum Gasteiger partial charge on any atom is -0.480 e. The quantitative estimate of drug-likeness (QED) is 0.214. The van der Waals surface area contributed by atoms with E-state index in [-0.39, 0.29) is 39.8 Å². The van der Waals surface area contributed by atoms with Gasteiger partial charge in [0.05, 0.1) is 25.1 Å². The van der Waals surface area contributed by atoms with Gasteiger partial charge in [0.15, 0.2) is 19.5 Å². The number of aromatic hydroxyl groups is 1. The van der Waals surface area contributed by atoms with E-state index in [9.17, 15) is 9.90 Å². The predicted octanol–water partition coefficient (Wildman–Crippen LogP) is 6.01. The molecule has 40 heavy (non-hydrogen) atoms. The Kier molecular flexibility index (Phi) is 8.05. The van der Waals surface area contributed by atoms with Crippen LogP contribution in [0.3, 0.4) is 0 Å². The van der Waals surface area contributed by atoms with Crippen LogP contribution in [-0.2, 0) is 30.0 Å². The van der Waals surface area contributed by atoms with Crippen molar-refractivity contribution in [3.63, 3.8) is 0 Å². The first kappa shape index (κ1) is 30.4. The molecule has 0 radical (unpaired) electrons. The van der Waals surface area contributed by atoms with Crippen molar-refractivity contribution in [3.8, 4) is 6.01 Å². The number of nitrogens with one attached hydrogen (secondary N) is 1. The maximum atomic E-state index is 12.3. The molecule has 0 aromatic carbocycles. The molecule has 2 aromatic heterocycles. The van der Waals surface area contributed by atoms with Crippen molar-refractivity contribution in [2.75, 3.05) is 6.61 Å². The molecular weight excluding hydrogens is 588 g/mol. The molecule has 2 aromatic rings. The van der Waals surface area contributed by atoms with Gasteiger partial charge in [-0.3, -0.25) is 14.3 Å². The van der Waals surface area contributed by atoms with Gasteiger partial charge in [0.25, 0.3) is 11.6 Å². The lowest BCUT2D eigenvalue weighted by Gasteiger charge is -2.39. The molecule has 2 aliphatic heterocycles. The largest absolute Gasteiger partial charge is 0.480 e. The van der Waals surface area contributed by atoms with Gasteiger partial charge in [0, 0.05) is 11.2 Å². The van der Waals surface area contributed by atoms with Crippen LogP contribution in [0.2, 0.25) is 18.1 Å². The summed E-state index contributed by atoms with van der Waals surface area (Å²) in [5.74, 6) is 0.451. The van der Waals surface area contributed by atoms with Crippen molar-refractivity contribution < 1.29 is 23.3 Å². The van der Waals surface area contributed by atoms with E-state index in [1.165, 1.54) is 11.9 Å². The van der Waals surface area contributed by atoms with Crippen LogP contribution in [0, 0.1) is 5.92 Å². The summed E-state index contributed by atoms with van der Waals surface area (Å²) >= 11 is 7.72. The number of H-pyrrole nitrogens is 1. The number of aromatic nitrogens is 4. The molecule has 14 heteroatoms. The van der Waals surface area contributed by atoms with E-state index in [0.717, 1.165) is 19.3 Å². The summed E-state index contributed by atoms with van der Waals surface area (Å²) in [6.07, 6.45) is 3.94. The Morgan fingerprint density at radius 3 is 2.83 bits per heavy atom. The lowest BCUT2D eigenvalue weighted by molar-refractivity contribution is -0.0367. The van der Waals surface area contributed by atoms with Crippen LogP contribution in [-0.4, -0.2) is 62.6 Å². The highest BCUT2D eigenvalue weighted by Gasteiger charge is 2.54. The van der Waals surface area contributed by atoms with Gasteiger partial charge in [-0.2, -0.15) is 4.98 Å². The van der Waals surface area contributed by atoms with E-state index < -0.39 is 37.9 Å². The lowest BCUT2D eigenvalue weighted by Crippen LogP contribution is -2.46. The molecule has 0 spiro atoms. The van der Waals surface area contributed by atoms with E-state index in [1.54, 1.807) is 15.9 Å². The first-order chi connectivity index (χ1) is 18.5. The summed E-state index contributed by atoms with van der Waals surface area (Å²) in [5.41, 5.74) is -1.52. The van der Waals surface area contributed by atoms with Crippen LogP contribution in [0.5, 0.6) is 6.01 Å². The van der Waals surface area contributed by atoms with Crippen molar-refractivity contribution in [3.05, 3.63) is 28.8 Å². The third kappa shape index (κ3) is 5.77. The zero-order valence-corrected chi connectivity index (χ0v) is 27.8. The molecule has 2 saturated heterocycles. The number of allylic oxidation sites excluding steroid dienone is 1. The highest BCUT2D eigenvalue weighted by molar-refractivity contribution is 8.68. The van der Waals surface area contributed by atoms with Crippen LogP contribution in [0.1, 0.15) is 66.5 Å². The Labute approximate surface area is 245 Å². The van der Waals surface area contributed by atoms with Gasteiger partial charge >= 0.3 is 0 Å². The number of nitrogens with zero attached hydrogens (tertiary/aromatic N) is 3. The minimum absolute atomic E-state index is 0.000397. The number of fused-ring (bicyclic) bond motifs is 2. The Balaban J connectivity index is 1.36. The van der Waals surface area contributed by atoms with E-state index in [1.807, 2.05) is 0 Å². The molecule has 3 aliphatic rings. The monoisotopic (exact) mass is 628 g/mol. The standard InChI is InChI=1S/C26H41N4O6PS2Si/c1-15(2)16-9-10-26(6)19(11-16)35-37(38,39-26)33-13-18-17(36-40(7,8)25(3,4)5)12-20(34-18)30-14-27-21-22(30)28-24(32)29-23(21)31/h14,16-20H,1,9-13H2,2-8H3,(H2,28,29,31,32)/t16-,17-,18+,19+,20+,26+,37?/m0/s1. The summed E-state index contributed by atoms with van der Waals surface area (Å²) in [5, 5.41) is 9.92. The molecule has 1 unspecified atom stereocenters. The summed E-state index contributed by atoms with van der Waals surface area (Å²) in [6.45, 7) is 19.8. The smallest absolute Gasteiger partial charge is 0.296 e. The summed E-state index contributed by atoms with van der Waals surface area (Å²) in [7, 11) is -2.17. The normalized spacial score (nSPS) is 34.8. The van der Waals surface area contributed by atoms with Gasteiger partial charge < -0.3 is 23.3 Å². The lowest BCUT2D eigenvalue weighted by atomic mass is 9.77. The predicted molar refractivity (Wildman–Crippen MR) is 164 cm³/mol. The zero-order valence-electron chi connectivity index (χ0n) is 24.3. The molecule has 5 rings (SSSR count).